The van der Waals surface area contributed by atoms with E-state index in [4.69, 9.17) is 0 Å². The first-order valence-electron chi connectivity index (χ1n) is 9.78. The van der Waals surface area contributed by atoms with Gasteiger partial charge in [0.15, 0.2) is 0 Å². The van der Waals surface area contributed by atoms with Crippen LogP contribution >= 0.6 is 0 Å². The minimum Gasteiger partial charge on any atom is -0.343 e. The molecule has 1 saturated carbocycles. The van der Waals surface area contributed by atoms with E-state index in [0.717, 1.165) is 58.3 Å². The molecule has 3 rings (SSSR count). The molecule has 4 heteroatoms. The number of nitrogens with zero attached hydrogens (tertiary/aromatic N) is 2. The highest BCUT2D eigenvalue weighted by Crippen LogP contribution is 2.32. The molecular weight excluding hydrogens is 312 g/mol. The highest BCUT2D eigenvalue weighted by Gasteiger charge is 2.34. The topological polar surface area (TPSA) is 40.6 Å². The zero-order valence-electron chi connectivity index (χ0n) is 15.5. The lowest BCUT2D eigenvalue weighted by Gasteiger charge is -2.35. The van der Waals surface area contributed by atoms with Crippen molar-refractivity contribution in [3.05, 3.63) is 35.4 Å². The minimum absolute atomic E-state index is 0.103. The van der Waals surface area contributed by atoms with E-state index in [1.165, 1.54) is 11.1 Å². The number of rotatable bonds is 4. The third-order valence-electron chi connectivity index (χ3n) is 5.94. The molecule has 1 aromatic rings. The van der Waals surface area contributed by atoms with Crippen LogP contribution in [-0.2, 0) is 22.6 Å². The maximum Gasteiger partial charge on any atom is 0.225 e. The van der Waals surface area contributed by atoms with E-state index < -0.39 is 0 Å². The highest BCUT2D eigenvalue weighted by molar-refractivity contribution is 5.81. The SMILES string of the molecule is CCN(CC)C(=O)C1CCC(C(=O)N2CCc3ccccc3C2)CC1. The molecule has 0 bridgehead atoms. The van der Waals surface area contributed by atoms with Crippen molar-refractivity contribution in [2.45, 2.75) is 52.5 Å². The van der Waals surface area contributed by atoms with Crippen molar-refractivity contribution in [3.63, 3.8) is 0 Å². The maximum absolute atomic E-state index is 12.9. The van der Waals surface area contributed by atoms with Crippen LogP contribution in [0, 0.1) is 11.8 Å². The van der Waals surface area contributed by atoms with Crippen LogP contribution in [0.4, 0.5) is 0 Å². The van der Waals surface area contributed by atoms with Crippen LogP contribution in [0.25, 0.3) is 0 Å². The predicted octanol–water partition coefficient (Wildman–Crippen LogP) is 3.25. The Hall–Kier alpha value is -1.84. The highest BCUT2D eigenvalue weighted by atomic mass is 16.2. The van der Waals surface area contributed by atoms with E-state index in [-0.39, 0.29) is 17.7 Å². The molecule has 0 unspecified atom stereocenters. The Morgan fingerprint density at radius 2 is 1.60 bits per heavy atom. The second kappa shape index (κ2) is 8.03. The lowest BCUT2D eigenvalue weighted by Crippen LogP contribution is -2.42. The van der Waals surface area contributed by atoms with E-state index in [0.29, 0.717) is 5.91 Å². The number of amides is 2. The predicted molar refractivity (Wildman–Crippen MR) is 98.9 cm³/mol. The second-order valence-corrected chi connectivity index (χ2v) is 7.34. The van der Waals surface area contributed by atoms with Gasteiger partial charge < -0.3 is 9.80 Å². The zero-order valence-corrected chi connectivity index (χ0v) is 15.5. The quantitative estimate of drug-likeness (QED) is 0.843. The van der Waals surface area contributed by atoms with E-state index in [9.17, 15) is 9.59 Å². The molecule has 1 fully saturated rings. The molecule has 2 amide bonds. The first kappa shape index (κ1) is 18.0. The van der Waals surface area contributed by atoms with Crippen molar-refractivity contribution in [1.29, 1.82) is 0 Å². The van der Waals surface area contributed by atoms with E-state index in [2.05, 4.69) is 24.3 Å². The fourth-order valence-electron chi connectivity index (χ4n) is 4.32. The van der Waals surface area contributed by atoms with Gasteiger partial charge in [-0.2, -0.15) is 0 Å². The largest absolute Gasteiger partial charge is 0.343 e. The number of carbonyl (C=O) groups is 2. The Labute approximate surface area is 151 Å². The molecule has 0 spiro atoms. The van der Waals surface area contributed by atoms with Crippen LogP contribution in [0.5, 0.6) is 0 Å². The molecule has 2 aliphatic rings. The van der Waals surface area contributed by atoms with E-state index in [1.54, 1.807) is 0 Å². The van der Waals surface area contributed by atoms with Crippen LogP contribution in [0.1, 0.15) is 50.7 Å². The van der Waals surface area contributed by atoms with Crippen LogP contribution < -0.4 is 0 Å². The molecule has 0 aromatic heterocycles. The minimum atomic E-state index is 0.103. The third kappa shape index (κ3) is 3.88. The summed E-state index contributed by atoms with van der Waals surface area (Å²) in [5.74, 6) is 0.795. The molecule has 0 N–H and O–H groups in total. The van der Waals surface area contributed by atoms with E-state index in [1.807, 2.05) is 23.6 Å². The summed E-state index contributed by atoms with van der Waals surface area (Å²) in [6, 6.07) is 8.43. The summed E-state index contributed by atoms with van der Waals surface area (Å²) in [6.07, 6.45) is 4.38. The van der Waals surface area contributed by atoms with Crippen molar-refractivity contribution < 1.29 is 9.59 Å². The number of hydrogen-bond donors (Lipinski definition) is 0. The maximum atomic E-state index is 12.9. The van der Waals surface area contributed by atoms with Crippen molar-refractivity contribution in [3.8, 4) is 0 Å². The standard InChI is InChI=1S/C21H30N2O2/c1-3-22(4-2)20(24)17-9-11-18(12-10-17)21(25)23-14-13-16-7-5-6-8-19(16)15-23/h5-8,17-18H,3-4,9-15H2,1-2H3. The Bertz CT molecular complexity index is 616. The molecule has 136 valence electrons. The molecule has 0 atom stereocenters. The summed E-state index contributed by atoms with van der Waals surface area (Å²) in [5.41, 5.74) is 2.66. The zero-order chi connectivity index (χ0) is 17.8. The Morgan fingerprint density at radius 3 is 2.24 bits per heavy atom. The molecule has 25 heavy (non-hydrogen) atoms. The summed E-state index contributed by atoms with van der Waals surface area (Å²) in [7, 11) is 0. The van der Waals surface area contributed by atoms with Crippen molar-refractivity contribution >= 4 is 11.8 Å². The first-order chi connectivity index (χ1) is 12.1. The van der Waals surface area contributed by atoms with E-state index >= 15 is 0 Å². The molecular formula is C21H30N2O2. The van der Waals surface area contributed by atoms with Gasteiger partial charge in [0.25, 0.3) is 0 Å². The van der Waals surface area contributed by atoms with Gasteiger partial charge in [-0.05, 0) is 57.1 Å². The number of benzene rings is 1. The summed E-state index contributed by atoms with van der Waals surface area (Å²) < 4.78 is 0. The number of hydrogen-bond acceptors (Lipinski definition) is 2. The second-order valence-electron chi connectivity index (χ2n) is 7.34. The van der Waals surface area contributed by atoms with Gasteiger partial charge in [0.05, 0.1) is 0 Å². The van der Waals surface area contributed by atoms with Crippen LogP contribution in [0.15, 0.2) is 24.3 Å². The van der Waals surface area contributed by atoms with Gasteiger partial charge >= 0.3 is 0 Å². The van der Waals surface area contributed by atoms with Crippen LogP contribution in [-0.4, -0.2) is 41.2 Å². The molecule has 0 radical (unpaired) electrons. The summed E-state index contributed by atoms with van der Waals surface area (Å²) in [5, 5.41) is 0. The summed E-state index contributed by atoms with van der Waals surface area (Å²) in [6.45, 7) is 7.19. The van der Waals surface area contributed by atoms with Gasteiger partial charge in [-0.15, -0.1) is 0 Å². The van der Waals surface area contributed by atoms with Crippen LogP contribution in [0.2, 0.25) is 0 Å². The molecule has 1 heterocycles. The lowest BCUT2D eigenvalue weighted by molar-refractivity contribution is -0.141. The molecule has 1 aliphatic heterocycles. The third-order valence-corrected chi connectivity index (χ3v) is 5.94. The fraction of sp³-hybridized carbons (Fsp3) is 0.619. The normalized spacial score (nSPS) is 23.0. The monoisotopic (exact) mass is 342 g/mol. The van der Waals surface area contributed by atoms with Gasteiger partial charge in [-0.1, -0.05) is 24.3 Å². The lowest BCUT2D eigenvalue weighted by atomic mass is 9.80. The van der Waals surface area contributed by atoms with Gasteiger partial charge in [-0.25, -0.2) is 0 Å². The summed E-state index contributed by atoms with van der Waals surface area (Å²) >= 11 is 0. The van der Waals surface area contributed by atoms with Crippen molar-refractivity contribution in [1.82, 2.24) is 9.80 Å². The first-order valence-corrected chi connectivity index (χ1v) is 9.78. The fourth-order valence-corrected chi connectivity index (χ4v) is 4.32. The number of carbonyl (C=O) groups excluding carboxylic acids is 2. The molecule has 1 aliphatic carbocycles. The molecule has 1 aromatic carbocycles. The Balaban J connectivity index is 1.55. The average molecular weight is 342 g/mol. The number of fused-ring (bicyclic) bond motifs is 1. The van der Waals surface area contributed by atoms with Gasteiger partial charge in [0, 0.05) is 38.0 Å². The van der Waals surface area contributed by atoms with Crippen molar-refractivity contribution in [2.24, 2.45) is 11.8 Å². The van der Waals surface area contributed by atoms with Gasteiger partial charge in [-0.3, -0.25) is 9.59 Å². The smallest absolute Gasteiger partial charge is 0.225 e. The van der Waals surface area contributed by atoms with Gasteiger partial charge in [0.2, 0.25) is 11.8 Å². The Kier molecular flexibility index (Phi) is 5.77. The molecule has 0 saturated heterocycles. The van der Waals surface area contributed by atoms with Crippen molar-refractivity contribution in [2.75, 3.05) is 19.6 Å². The average Bonchev–Trinajstić information content (AvgIpc) is 2.68. The van der Waals surface area contributed by atoms with Crippen LogP contribution in [0.3, 0.4) is 0 Å². The summed E-state index contributed by atoms with van der Waals surface area (Å²) in [4.78, 5) is 29.4. The molecule has 4 nitrogen and oxygen atoms in total. The van der Waals surface area contributed by atoms with Gasteiger partial charge in [0.1, 0.15) is 0 Å². The Morgan fingerprint density at radius 1 is 1.00 bits per heavy atom.